The van der Waals surface area contributed by atoms with Gasteiger partial charge in [-0.3, -0.25) is 10.1 Å². The zero-order chi connectivity index (χ0) is 19.6. The molecular formula is C19H18N2O6. The number of nitro benzene ring substituents is 1. The average molecular weight is 370 g/mol. The van der Waals surface area contributed by atoms with E-state index in [0.29, 0.717) is 5.56 Å². The maximum absolute atomic E-state index is 12.1. The minimum atomic E-state index is -1.03. The lowest BCUT2D eigenvalue weighted by Gasteiger charge is -2.16. The van der Waals surface area contributed by atoms with Crippen molar-refractivity contribution in [3.05, 3.63) is 88.7 Å². The van der Waals surface area contributed by atoms with Crippen molar-refractivity contribution in [1.82, 2.24) is 5.32 Å². The molecule has 1 amide bonds. The summed E-state index contributed by atoms with van der Waals surface area (Å²) < 4.78 is 9.85. The number of esters is 1. The SMILES string of the molecule is C=COC(=O)C(Cc1ccc([N+](=O)[O-])cc1)NC(=O)OCc1ccccc1. The van der Waals surface area contributed by atoms with Crippen LogP contribution in [0.15, 0.2) is 67.4 Å². The van der Waals surface area contributed by atoms with E-state index in [1.54, 1.807) is 12.1 Å². The van der Waals surface area contributed by atoms with Crippen LogP contribution in [-0.4, -0.2) is 23.0 Å². The summed E-state index contributed by atoms with van der Waals surface area (Å²) in [5, 5.41) is 13.1. The molecule has 8 nitrogen and oxygen atoms in total. The lowest BCUT2D eigenvalue weighted by atomic mass is 10.1. The summed E-state index contributed by atoms with van der Waals surface area (Å²) in [5.41, 5.74) is 1.34. The van der Waals surface area contributed by atoms with E-state index in [1.165, 1.54) is 24.3 Å². The van der Waals surface area contributed by atoms with Crippen LogP contribution in [0.25, 0.3) is 0 Å². The lowest BCUT2D eigenvalue weighted by Crippen LogP contribution is -2.43. The molecular weight excluding hydrogens is 352 g/mol. The zero-order valence-electron chi connectivity index (χ0n) is 14.4. The number of hydrogen-bond donors (Lipinski definition) is 1. The highest BCUT2D eigenvalue weighted by Crippen LogP contribution is 2.14. The molecule has 2 aromatic carbocycles. The molecule has 0 heterocycles. The number of amides is 1. The van der Waals surface area contributed by atoms with Crippen molar-refractivity contribution < 1.29 is 24.0 Å². The van der Waals surface area contributed by atoms with Crippen LogP contribution in [-0.2, 0) is 27.3 Å². The summed E-state index contributed by atoms with van der Waals surface area (Å²) in [6.07, 6.45) is 0.250. The summed E-state index contributed by atoms with van der Waals surface area (Å²) in [6, 6.07) is 13.7. The Balaban J connectivity index is 2.00. The van der Waals surface area contributed by atoms with Gasteiger partial charge >= 0.3 is 12.1 Å². The zero-order valence-corrected chi connectivity index (χ0v) is 14.4. The fraction of sp³-hybridized carbons (Fsp3) is 0.158. The number of nitrogens with zero attached hydrogens (tertiary/aromatic N) is 1. The first kappa shape index (κ1) is 19.6. The molecule has 2 aromatic rings. The molecule has 0 saturated heterocycles. The number of nitrogens with one attached hydrogen (secondary N) is 1. The van der Waals surface area contributed by atoms with E-state index in [4.69, 9.17) is 9.47 Å². The number of alkyl carbamates (subject to hydrolysis) is 1. The molecule has 2 rings (SSSR count). The van der Waals surface area contributed by atoms with Crippen molar-refractivity contribution in [2.45, 2.75) is 19.1 Å². The number of carbonyl (C=O) groups is 2. The predicted molar refractivity (Wildman–Crippen MR) is 96.6 cm³/mol. The minimum absolute atomic E-state index is 0.0490. The smallest absolute Gasteiger partial charge is 0.408 e. The van der Waals surface area contributed by atoms with Gasteiger partial charge in [-0.05, 0) is 11.1 Å². The summed E-state index contributed by atoms with van der Waals surface area (Å²) in [5.74, 6) is -0.722. The third-order valence-corrected chi connectivity index (χ3v) is 3.58. The molecule has 1 N–H and O–H groups in total. The first-order valence-electron chi connectivity index (χ1n) is 8.01. The van der Waals surface area contributed by atoms with Gasteiger partial charge in [0.1, 0.15) is 12.6 Å². The molecule has 0 aromatic heterocycles. The fourth-order valence-electron chi connectivity index (χ4n) is 2.25. The van der Waals surface area contributed by atoms with Gasteiger partial charge in [0.15, 0.2) is 0 Å². The molecule has 0 spiro atoms. The lowest BCUT2D eigenvalue weighted by molar-refractivity contribution is -0.384. The Bertz CT molecular complexity index is 805. The average Bonchev–Trinajstić information content (AvgIpc) is 2.67. The number of non-ortho nitro benzene ring substituents is 1. The van der Waals surface area contributed by atoms with Gasteiger partial charge in [-0.15, -0.1) is 0 Å². The van der Waals surface area contributed by atoms with Gasteiger partial charge in [-0.25, -0.2) is 9.59 Å². The van der Waals surface area contributed by atoms with E-state index in [-0.39, 0.29) is 18.7 Å². The predicted octanol–water partition coefficient (Wildman–Crippen LogP) is 3.12. The van der Waals surface area contributed by atoms with E-state index in [0.717, 1.165) is 11.8 Å². The van der Waals surface area contributed by atoms with E-state index < -0.39 is 23.0 Å². The number of carbonyl (C=O) groups excluding carboxylic acids is 2. The summed E-state index contributed by atoms with van der Waals surface area (Å²) in [6.45, 7) is 3.36. The summed E-state index contributed by atoms with van der Waals surface area (Å²) in [4.78, 5) is 34.3. The van der Waals surface area contributed by atoms with Crippen molar-refractivity contribution >= 4 is 17.7 Å². The van der Waals surface area contributed by atoms with Crippen LogP contribution < -0.4 is 5.32 Å². The van der Waals surface area contributed by atoms with Crippen LogP contribution in [0.2, 0.25) is 0 Å². The summed E-state index contributed by atoms with van der Waals surface area (Å²) >= 11 is 0. The second kappa shape index (κ2) is 9.71. The van der Waals surface area contributed by atoms with E-state index >= 15 is 0 Å². The second-order valence-corrected chi connectivity index (χ2v) is 5.49. The number of nitro groups is 1. The molecule has 27 heavy (non-hydrogen) atoms. The fourth-order valence-corrected chi connectivity index (χ4v) is 2.25. The van der Waals surface area contributed by atoms with Crippen LogP contribution in [0, 0.1) is 10.1 Å². The van der Waals surface area contributed by atoms with Gasteiger partial charge in [-0.2, -0.15) is 0 Å². The Kier molecular flexibility index (Phi) is 7.07. The second-order valence-electron chi connectivity index (χ2n) is 5.49. The monoisotopic (exact) mass is 370 g/mol. The van der Waals surface area contributed by atoms with Crippen LogP contribution in [0.1, 0.15) is 11.1 Å². The topological polar surface area (TPSA) is 108 Å². The number of hydrogen-bond acceptors (Lipinski definition) is 6. The maximum atomic E-state index is 12.1. The minimum Gasteiger partial charge on any atom is -0.445 e. The van der Waals surface area contributed by atoms with Crippen LogP contribution in [0.4, 0.5) is 10.5 Å². The van der Waals surface area contributed by atoms with E-state index in [1.807, 2.05) is 18.2 Å². The molecule has 8 heteroatoms. The first-order valence-corrected chi connectivity index (χ1v) is 8.01. The quantitative estimate of drug-likeness (QED) is 0.331. The molecule has 0 bridgehead atoms. The van der Waals surface area contributed by atoms with Crippen molar-refractivity contribution in [3.63, 3.8) is 0 Å². The van der Waals surface area contributed by atoms with Gasteiger partial charge in [0, 0.05) is 18.6 Å². The third kappa shape index (κ3) is 6.28. The third-order valence-electron chi connectivity index (χ3n) is 3.58. The van der Waals surface area contributed by atoms with Crippen molar-refractivity contribution in [3.8, 4) is 0 Å². The van der Waals surface area contributed by atoms with Crippen molar-refractivity contribution in [2.75, 3.05) is 0 Å². The first-order chi connectivity index (χ1) is 13.0. The van der Waals surface area contributed by atoms with Gasteiger partial charge in [0.25, 0.3) is 5.69 Å². The number of rotatable bonds is 8. The molecule has 0 saturated carbocycles. The van der Waals surface area contributed by atoms with E-state index in [9.17, 15) is 19.7 Å². The molecule has 140 valence electrons. The highest BCUT2D eigenvalue weighted by molar-refractivity contribution is 5.82. The van der Waals surface area contributed by atoms with Crippen molar-refractivity contribution in [2.24, 2.45) is 0 Å². The van der Waals surface area contributed by atoms with Gasteiger partial charge < -0.3 is 14.8 Å². The van der Waals surface area contributed by atoms with Crippen molar-refractivity contribution in [1.29, 1.82) is 0 Å². The molecule has 1 unspecified atom stereocenters. The van der Waals surface area contributed by atoms with Gasteiger partial charge in [-0.1, -0.05) is 49.0 Å². The molecule has 0 aliphatic carbocycles. The molecule has 0 fully saturated rings. The molecule has 0 aliphatic heterocycles. The normalized spacial score (nSPS) is 11.1. The number of benzene rings is 2. The Morgan fingerprint density at radius 1 is 1.11 bits per heavy atom. The Labute approximate surface area is 155 Å². The largest absolute Gasteiger partial charge is 0.445 e. The maximum Gasteiger partial charge on any atom is 0.408 e. The Morgan fingerprint density at radius 3 is 2.37 bits per heavy atom. The Hall–Kier alpha value is -3.68. The van der Waals surface area contributed by atoms with Gasteiger partial charge in [0.2, 0.25) is 0 Å². The summed E-state index contributed by atoms with van der Waals surface area (Å²) in [7, 11) is 0. The molecule has 0 radical (unpaired) electrons. The highest BCUT2D eigenvalue weighted by Gasteiger charge is 2.23. The highest BCUT2D eigenvalue weighted by atomic mass is 16.6. The van der Waals surface area contributed by atoms with Crippen LogP contribution in [0.5, 0.6) is 0 Å². The van der Waals surface area contributed by atoms with Crippen LogP contribution >= 0.6 is 0 Å². The van der Waals surface area contributed by atoms with Gasteiger partial charge in [0.05, 0.1) is 11.2 Å². The Morgan fingerprint density at radius 2 is 1.78 bits per heavy atom. The number of ether oxygens (including phenoxy) is 2. The van der Waals surface area contributed by atoms with Crippen LogP contribution in [0.3, 0.4) is 0 Å². The standard InChI is InChI=1S/C19H18N2O6/c1-2-26-18(22)17(12-14-8-10-16(11-9-14)21(24)25)20-19(23)27-13-15-6-4-3-5-7-15/h2-11,17H,1,12-13H2,(H,20,23). The molecule has 0 aliphatic rings. The molecule has 1 atom stereocenters. The van der Waals surface area contributed by atoms with E-state index in [2.05, 4.69) is 11.9 Å².